The zero-order valence-electron chi connectivity index (χ0n) is 14.8. The second-order valence-corrected chi connectivity index (χ2v) is 6.03. The highest BCUT2D eigenvalue weighted by Gasteiger charge is 2.35. The van der Waals surface area contributed by atoms with Gasteiger partial charge in [0.25, 0.3) is 0 Å². The van der Waals surface area contributed by atoms with Gasteiger partial charge in [-0.15, -0.1) is 0 Å². The van der Waals surface area contributed by atoms with Crippen LogP contribution in [0.5, 0.6) is 0 Å². The lowest BCUT2D eigenvalue weighted by Gasteiger charge is -2.29. The fraction of sp³-hybridized carbons (Fsp3) is 0.200. The van der Waals surface area contributed by atoms with Gasteiger partial charge >= 0.3 is 18.2 Å². The number of alkyl halides is 3. The fourth-order valence-electron chi connectivity index (χ4n) is 2.94. The Kier molecular flexibility index (Phi) is 5.39. The molecular formula is C20H17F3N2O3. The van der Waals surface area contributed by atoms with Crippen LogP contribution in [0.2, 0.25) is 0 Å². The van der Waals surface area contributed by atoms with Crippen LogP contribution in [0.15, 0.2) is 60.2 Å². The molecule has 28 heavy (non-hydrogen) atoms. The number of amides is 2. The summed E-state index contributed by atoms with van der Waals surface area (Å²) in [5.41, 5.74) is 0.471. The number of hydrogen-bond donors (Lipinski definition) is 2. The van der Waals surface area contributed by atoms with Gasteiger partial charge in [0.1, 0.15) is 0 Å². The van der Waals surface area contributed by atoms with E-state index >= 15 is 0 Å². The van der Waals surface area contributed by atoms with Gasteiger partial charge in [0.2, 0.25) is 0 Å². The quantitative estimate of drug-likeness (QED) is 0.775. The molecule has 0 aromatic heterocycles. The van der Waals surface area contributed by atoms with Crippen LogP contribution in [0.25, 0.3) is 5.70 Å². The third kappa shape index (κ3) is 4.00. The molecule has 0 bridgehead atoms. The number of esters is 1. The molecule has 5 nitrogen and oxygen atoms in total. The smallest absolute Gasteiger partial charge is 0.416 e. The maximum atomic E-state index is 12.8. The van der Waals surface area contributed by atoms with Crippen LogP contribution in [0.4, 0.5) is 18.0 Å². The van der Waals surface area contributed by atoms with Crippen molar-refractivity contribution in [2.75, 3.05) is 6.61 Å². The minimum absolute atomic E-state index is 0.109. The zero-order chi connectivity index (χ0) is 20.3. The van der Waals surface area contributed by atoms with Gasteiger partial charge in [0.05, 0.1) is 29.5 Å². The maximum absolute atomic E-state index is 12.8. The largest absolute Gasteiger partial charge is 0.463 e. The first kappa shape index (κ1) is 19.5. The zero-order valence-corrected chi connectivity index (χ0v) is 14.8. The molecule has 2 N–H and O–H groups in total. The molecule has 0 spiro atoms. The topological polar surface area (TPSA) is 67.4 Å². The molecule has 0 radical (unpaired) electrons. The van der Waals surface area contributed by atoms with Crippen LogP contribution in [-0.4, -0.2) is 18.6 Å². The summed E-state index contributed by atoms with van der Waals surface area (Å²) in [6.45, 7) is 1.75. The Balaban J connectivity index is 2.12. The monoisotopic (exact) mass is 390 g/mol. The standard InChI is InChI=1S/C20H17F3N2O3/c1-2-28-18(26)15-16(12-6-4-3-5-7-12)24-19(27)25-17(15)13-8-10-14(11-9-13)20(21,22)23/h3-11,17H,2H2,1H3,(H2,24,25,27). The van der Waals surface area contributed by atoms with E-state index in [0.717, 1.165) is 12.1 Å². The molecule has 0 saturated carbocycles. The molecule has 2 aromatic carbocycles. The number of halogens is 3. The highest BCUT2D eigenvalue weighted by Crippen LogP contribution is 2.34. The number of benzene rings is 2. The summed E-state index contributed by atoms with van der Waals surface area (Å²) in [6.07, 6.45) is -4.48. The van der Waals surface area contributed by atoms with E-state index in [9.17, 15) is 22.8 Å². The van der Waals surface area contributed by atoms with E-state index in [4.69, 9.17) is 4.74 Å². The van der Waals surface area contributed by atoms with Crippen molar-refractivity contribution in [1.82, 2.24) is 10.6 Å². The molecule has 2 amide bonds. The van der Waals surface area contributed by atoms with E-state index in [2.05, 4.69) is 10.6 Å². The van der Waals surface area contributed by atoms with Crippen molar-refractivity contribution < 1.29 is 27.5 Å². The predicted molar refractivity (Wildman–Crippen MR) is 95.8 cm³/mol. The Bertz CT molecular complexity index is 907. The van der Waals surface area contributed by atoms with Crippen molar-refractivity contribution in [3.05, 3.63) is 76.9 Å². The summed E-state index contributed by atoms with van der Waals surface area (Å²) in [4.78, 5) is 24.8. The minimum atomic E-state index is -4.48. The summed E-state index contributed by atoms with van der Waals surface area (Å²) < 4.78 is 43.7. The summed E-state index contributed by atoms with van der Waals surface area (Å²) in [7, 11) is 0. The lowest BCUT2D eigenvalue weighted by atomic mass is 9.92. The minimum Gasteiger partial charge on any atom is -0.463 e. The molecule has 0 aliphatic carbocycles. The van der Waals surface area contributed by atoms with Gasteiger partial charge in [-0.3, -0.25) is 0 Å². The van der Waals surface area contributed by atoms with E-state index in [1.54, 1.807) is 37.3 Å². The van der Waals surface area contributed by atoms with Crippen LogP contribution in [0.3, 0.4) is 0 Å². The number of rotatable bonds is 4. The highest BCUT2D eigenvalue weighted by molar-refractivity contribution is 6.04. The molecule has 1 atom stereocenters. The first-order chi connectivity index (χ1) is 13.3. The van der Waals surface area contributed by atoms with Crippen molar-refractivity contribution >= 4 is 17.7 Å². The van der Waals surface area contributed by atoms with Gasteiger partial charge in [0.15, 0.2) is 0 Å². The summed E-state index contributed by atoms with van der Waals surface area (Å²) >= 11 is 0. The lowest BCUT2D eigenvalue weighted by Crippen LogP contribution is -2.45. The second kappa shape index (κ2) is 7.75. The van der Waals surface area contributed by atoms with Crippen molar-refractivity contribution in [2.24, 2.45) is 0 Å². The summed E-state index contributed by atoms with van der Waals surface area (Å²) in [6, 6.07) is 11.5. The molecule has 146 valence electrons. The number of urea groups is 1. The van der Waals surface area contributed by atoms with E-state index < -0.39 is 29.8 Å². The molecule has 1 heterocycles. The number of ether oxygens (including phenoxy) is 1. The first-order valence-electron chi connectivity index (χ1n) is 8.52. The molecule has 8 heteroatoms. The third-order valence-electron chi connectivity index (χ3n) is 4.20. The number of carbonyl (C=O) groups is 2. The Morgan fingerprint density at radius 2 is 1.71 bits per heavy atom. The highest BCUT2D eigenvalue weighted by atomic mass is 19.4. The number of carbonyl (C=O) groups excluding carboxylic acids is 2. The van der Waals surface area contributed by atoms with Gasteiger partial charge in [-0.25, -0.2) is 9.59 Å². The Morgan fingerprint density at radius 1 is 1.07 bits per heavy atom. The molecule has 0 fully saturated rings. The van der Waals surface area contributed by atoms with Crippen LogP contribution < -0.4 is 10.6 Å². The van der Waals surface area contributed by atoms with Crippen molar-refractivity contribution in [3.8, 4) is 0 Å². The fourth-order valence-corrected chi connectivity index (χ4v) is 2.94. The third-order valence-corrected chi connectivity index (χ3v) is 4.20. The molecule has 2 aromatic rings. The Morgan fingerprint density at radius 3 is 2.29 bits per heavy atom. The van der Waals surface area contributed by atoms with Crippen molar-refractivity contribution in [3.63, 3.8) is 0 Å². The molecule has 1 aliphatic heterocycles. The second-order valence-electron chi connectivity index (χ2n) is 6.03. The molecule has 1 aliphatic rings. The molecule has 3 rings (SSSR count). The van der Waals surface area contributed by atoms with E-state index in [1.807, 2.05) is 0 Å². The van der Waals surface area contributed by atoms with Gasteiger partial charge in [-0.1, -0.05) is 42.5 Å². The van der Waals surface area contributed by atoms with Crippen LogP contribution >= 0.6 is 0 Å². The van der Waals surface area contributed by atoms with E-state index in [1.165, 1.54) is 12.1 Å². The SMILES string of the molecule is CCOC(=O)C1=C(c2ccccc2)NC(=O)NC1c1ccc(C(F)(F)F)cc1. The Hall–Kier alpha value is -3.29. The van der Waals surface area contributed by atoms with Gasteiger partial charge in [0, 0.05) is 0 Å². The summed E-state index contributed by atoms with van der Waals surface area (Å²) in [5, 5.41) is 5.20. The maximum Gasteiger partial charge on any atom is 0.416 e. The number of hydrogen-bond acceptors (Lipinski definition) is 3. The van der Waals surface area contributed by atoms with E-state index in [-0.39, 0.29) is 17.9 Å². The average Bonchev–Trinajstić information content (AvgIpc) is 2.67. The lowest BCUT2D eigenvalue weighted by molar-refractivity contribution is -0.139. The molecule has 1 unspecified atom stereocenters. The Labute approximate surface area is 159 Å². The number of nitrogens with one attached hydrogen (secondary N) is 2. The molecular weight excluding hydrogens is 373 g/mol. The van der Waals surface area contributed by atoms with Gasteiger partial charge < -0.3 is 15.4 Å². The van der Waals surface area contributed by atoms with Crippen LogP contribution in [0, 0.1) is 0 Å². The van der Waals surface area contributed by atoms with Crippen LogP contribution in [-0.2, 0) is 15.7 Å². The van der Waals surface area contributed by atoms with E-state index in [0.29, 0.717) is 11.1 Å². The molecule has 0 saturated heterocycles. The van der Waals surface area contributed by atoms with Gasteiger partial charge in [-0.05, 0) is 30.2 Å². The van der Waals surface area contributed by atoms with Gasteiger partial charge in [-0.2, -0.15) is 13.2 Å². The van der Waals surface area contributed by atoms with Crippen molar-refractivity contribution in [1.29, 1.82) is 0 Å². The average molecular weight is 390 g/mol. The predicted octanol–water partition coefficient (Wildman–Crippen LogP) is 4.03. The normalized spacial score (nSPS) is 17.0. The van der Waals surface area contributed by atoms with Crippen molar-refractivity contribution in [2.45, 2.75) is 19.1 Å². The van der Waals surface area contributed by atoms with Crippen LogP contribution in [0.1, 0.15) is 29.7 Å². The summed E-state index contributed by atoms with van der Waals surface area (Å²) in [5.74, 6) is -0.668. The first-order valence-corrected chi connectivity index (χ1v) is 8.52.